The number of nitrogens with one attached hydrogen (secondary N) is 1. The zero-order chi connectivity index (χ0) is 23.4. The summed E-state index contributed by atoms with van der Waals surface area (Å²) < 4.78 is 0. The lowest BCUT2D eigenvalue weighted by Gasteiger charge is -2.38. The highest BCUT2D eigenvalue weighted by Crippen LogP contribution is 2.48. The van der Waals surface area contributed by atoms with E-state index in [9.17, 15) is 19.6 Å². The highest BCUT2D eigenvalue weighted by atomic mass is 16.2. The second-order valence-electron chi connectivity index (χ2n) is 9.78. The molecule has 4 unspecified atom stereocenters. The van der Waals surface area contributed by atoms with E-state index in [2.05, 4.69) is 11.4 Å². The minimum atomic E-state index is -0.734. The molecule has 5 rings (SSSR count). The summed E-state index contributed by atoms with van der Waals surface area (Å²) in [6, 6.07) is 8.30. The average Bonchev–Trinajstić information content (AvgIpc) is 3.15. The van der Waals surface area contributed by atoms with E-state index in [1.54, 1.807) is 18.0 Å². The standard InChI is InChI=1S/C24H30N6O3/c1-13(14-4-3-5-15(6-14)22(31)27-2)29-18-9-21(24(29)33)28(11-18)12-19(26)23(32)30-17(10-25)7-16-8-20(16)30/h3-6,13,16-21H,7-9,11-12,26H2,1-2H3,(H,27,31)/t13-,16?,17?,18-,19?,20-,21?/m0/s1. The summed E-state index contributed by atoms with van der Waals surface area (Å²) in [4.78, 5) is 43.9. The Kier molecular flexibility index (Phi) is 5.38. The molecular weight excluding hydrogens is 420 g/mol. The zero-order valence-electron chi connectivity index (χ0n) is 19.0. The first-order valence-electron chi connectivity index (χ1n) is 11.7. The maximum absolute atomic E-state index is 13.3. The molecule has 3 heterocycles. The average molecular weight is 451 g/mol. The van der Waals surface area contributed by atoms with Gasteiger partial charge >= 0.3 is 0 Å². The molecule has 3 N–H and O–H groups in total. The number of amides is 3. The molecule has 3 amide bonds. The smallest absolute Gasteiger partial charge is 0.251 e. The number of carbonyl (C=O) groups excluding carboxylic acids is 3. The third kappa shape index (κ3) is 3.58. The number of rotatable bonds is 6. The van der Waals surface area contributed by atoms with Crippen molar-refractivity contribution in [2.45, 2.75) is 62.4 Å². The molecule has 0 aromatic heterocycles. The van der Waals surface area contributed by atoms with Crippen molar-refractivity contribution in [1.29, 1.82) is 5.26 Å². The predicted molar refractivity (Wildman–Crippen MR) is 120 cm³/mol. The fourth-order valence-corrected chi connectivity index (χ4v) is 6.05. The number of hydrogen-bond acceptors (Lipinski definition) is 6. The normalized spacial score (nSPS) is 31.8. The zero-order valence-corrected chi connectivity index (χ0v) is 19.0. The Morgan fingerprint density at radius 1 is 1.30 bits per heavy atom. The first-order chi connectivity index (χ1) is 15.8. The fourth-order valence-electron chi connectivity index (χ4n) is 6.05. The van der Waals surface area contributed by atoms with Gasteiger partial charge in [-0.15, -0.1) is 0 Å². The molecule has 3 aliphatic heterocycles. The van der Waals surface area contributed by atoms with Gasteiger partial charge in [0.05, 0.1) is 24.2 Å². The number of nitrogens with zero attached hydrogens (tertiary/aromatic N) is 4. The summed E-state index contributed by atoms with van der Waals surface area (Å²) in [6.45, 7) is 2.99. The molecular formula is C24H30N6O3. The Morgan fingerprint density at radius 3 is 2.79 bits per heavy atom. The van der Waals surface area contributed by atoms with Crippen LogP contribution >= 0.6 is 0 Å². The summed E-state index contributed by atoms with van der Waals surface area (Å²) >= 11 is 0. The molecule has 1 saturated carbocycles. The van der Waals surface area contributed by atoms with Crippen LogP contribution in [-0.2, 0) is 9.59 Å². The Morgan fingerprint density at radius 2 is 2.09 bits per heavy atom. The third-order valence-electron chi connectivity index (χ3n) is 7.85. The maximum Gasteiger partial charge on any atom is 0.251 e. The van der Waals surface area contributed by atoms with E-state index in [4.69, 9.17) is 5.73 Å². The molecule has 7 atom stereocenters. The monoisotopic (exact) mass is 450 g/mol. The van der Waals surface area contributed by atoms with Crippen molar-refractivity contribution in [3.8, 4) is 6.07 Å². The van der Waals surface area contributed by atoms with Crippen molar-refractivity contribution in [3.05, 3.63) is 35.4 Å². The number of nitriles is 1. The van der Waals surface area contributed by atoms with Crippen LogP contribution in [0.2, 0.25) is 0 Å². The van der Waals surface area contributed by atoms with E-state index >= 15 is 0 Å². The molecule has 1 aliphatic carbocycles. The van der Waals surface area contributed by atoms with Crippen LogP contribution in [0.4, 0.5) is 0 Å². The lowest BCUT2D eigenvalue weighted by Crippen LogP contribution is -2.57. The molecule has 0 radical (unpaired) electrons. The third-order valence-corrected chi connectivity index (χ3v) is 7.85. The first-order valence-corrected chi connectivity index (χ1v) is 11.7. The van der Waals surface area contributed by atoms with E-state index in [0.29, 0.717) is 31.0 Å². The molecule has 2 bridgehead atoms. The fraction of sp³-hybridized carbons (Fsp3) is 0.583. The van der Waals surface area contributed by atoms with Crippen LogP contribution in [0.1, 0.15) is 48.1 Å². The van der Waals surface area contributed by atoms with E-state index in [1.807, 2.05) is 34.9 Å². The summed E-state index contributed by atoms with van der Waals surface area (Å²) in [5, 5.41) is 12.0. The van der Waals surface area contributed by atoms with Crippen molar-refractivity contribution < 1.29 is 14.4 Å². The second-order valence-corrected chi connectivity index (χ2v) is 9.78. The molecule has 9 heteroatoms. The van der Waals surface area contributed by atoms with E-state index in [-0.39, 0.29) is 47.9 Å². The molecule has 0 spiro atoms. The van der Waals surface area contributed by atoms with Crippen molar-refractivity contribution in [1.82, 2.24) is 20.0 Å². The number of piperidine rings is 1. The SMILES string of the molecule is CNC(=O)c1cccc([C@H](C)N2C(=O)C3C[C@H]2CN3CC(N)C(=O)N2C(C#N)CC3C[C@@H]32)c1. The summed E-state index contributed by atoms with van der Waals surface area (Å²) in [5.74, 6) is 0.171. The van der Waals surface area contributed by atoms with Gasteiger partial charge in [0.2, 0.25) is 11.8 Å². The highest BCUT2D eigenvalue weighted by molar-refractivity contribution is 5.94. The van der Waals surface area contributed by atoms with Gasteiger partial charge in [0.15, 0.2) is 0 Å². The Bertz CT molecular complexity index is 1040. The molecule has 33 heavy (non-hydrogen) atoms. The minimum Gasteiger partial charge on any atom is -0.355 e. The van der Waals surface area contributed by atoms with Gasteiger partial charge in [-0.3, -0.25) is 19.3 Å². The molecule has 1 aromatic carbocycles. The molecule has 1 aromatic rings. The van der Waals surface area contributed by atoms with Gasteiger partial charge in [0.1, 0.15) is 6.04 Å². The first kappa shape index (κ1) is 21.9. The largest absolute Gasteiger partial charge is 0.355 e. The number of piperazine rings is 1. The van der Waals surface area contributed by atoms with Gasteiger partial charge < -0.3 is 20.9 Å². The van der Waals surface area contributed by atoms with Crippen LogP contribution in [0, 0.1) is 17.2 Å². The summed E-state index contributed by atoms with van der Waals surface area (Å²) in [7, 11) is 1.60. The van der Waals surface area contributed by atoms with Gasteiger partial charge in [-0.1, -0.05) is 12.1 Å². The topological polar surface area (TPSA) is 123 Å². The number of fused-ring (bicyclic) bond motifs is 3. The maximum atomic E-state index is 13.3. The van der Waals surface area contributed by atoms with Crippen LogP contribution < -0.4 is 11.1 Å². The number of carbonyl (C=O) groups is 3. The molecule has 4 fully saturated rings. The molecule has 4 aliphatic rings. The van der Waals surface area contributed by atoms with E-state index in [1.165, 1.54) is 0 Å². The predicted octanol–water partition coefficient (Wildman–Crippen LogP) is 0.233. The van der Waals surface area contributed by atoms with Crippen molar-refractivity contribution in [3.63, 3.8) is 0 Å². The van der Waals surface area contributed by atoms with Gasteiger partial charge in [-0.25, -0.2) is 0 Å². The molecule has 9 nitrogen and oxygen atoms in total. The van der Waals surface area contributed by atoms with Gasteiger partial charge in [-0.05, 0) is 49.8 Å². The van der Waals surface area contributed by atoms with Gasteiger partial charge in [0, 0.05) is 37.8 Å². The second kappa shape index (κ2) is 8.12. The van der Waals surface area contributed by atoms with Crippen molar-refractivity contribution in [2.75, 3.05) is 20.1 Å². The van der Waals surface area contributed by atoms with Gasteiger partial charge in [-0.2, -0.15) is 5.26 Å². The van der Waals surface area contributed by atoms with E-state index < -0.39 is 6.04 Å². The Hall–Kier alpha value is -2.96. The van der Waals surface area contributed by atoms with Gasteiger partial charge in [0.25, 0.3) is 5.91 Å². The quantitative estimate of drug-likeness (QED) is 0.640. The summed E-state index contributed by atoms with van der Waals surface area (Å²) in [5.41, 5.74) is 7.78. The van der Waals surface area contributed by atoms with Crippen LogP contribution in [-0.4, -0.2) is 82.8 Å². The molecule has 3 saturated heterocycles. The van der Waals surface area contributed by atoms with Crippen molar-refractivity contribution >= 4 is 17.7 Å². The number of benzene rings is 1. The van der Waals surface area contributed by atoms with Crippen molar-refractivity contribution in [2.24, 2.45) is 11.7 Å². The van der Waals surface area contributed by atoms with Crippen LogP contribution in [0.5, 0.6) is 0 Å². The lowest BCUT2D eigenvalue weighted by molar-refractivity contribution is -0.141. The van der Waals surface area contributed by atoms with Crippen LogP contribution in [0.3, 0.4) is 0 Å². The van der Waals surface area contributed by atoms with Crippen LogP contribution in [0.25, 0.3) is 0 Å². The highest BCUT2D eigenvalue weighted by Gasteiger charge is 2.56. The minimum absolute atomic E-state index is 0.0436. The number of hydrogen-bond donors (Lipinski definition) is 2. The Labute approximate surface area is 193 Å². The molecule has 174 valence electrons. The van der Waals surface area contributed by atoms with Crippen LogP contribution in [0.15, 0.2) is 24.3 Å². The lowest BCUT2D eigenvalue weighted by atomic mass is 10.0. The number of nitrogens with two attached hydrogens (primary N) is 1. The number of likely N-dealkylation sites (tertiary alicyclic amines) is 3. The Balaban J connectivity index is 1.24. The summed E-state index contributed by atoms with van der Waals surface area (Å²) in [6.07, 6.45) is 2.44. The van der Waals surface area contributed by atoms with E-state index in [0.717, 1.165) is 18.4 Å².